The lowest BCUT2D eigenvalue weighted by molar-refractivity contribution is -0.142. The molecule has 166 valence electrons. The van der Waals surface area contributed by atoms with E-state index in [9.17, 15) is 13.2 Å². The monoisotopic (exact) mass is 457 g/mol. The molecular formula is C25H14F3N5O. The van der Waals surface area contributed by atoms with E-state index in [1.165, 1.54) is 6.20 Å². The molecule has 6 aromatic rings. The van der Waals surface area contributed by atoms with Gasteiger partial charge in [0, 0.05) is 11.1 Å². The number of hydrogen-bond acceptors (Lipinski definition) is 5. The summed E-state index contributed by atoms with van der Waals surface area (Å²) in [6.07, 6.45) is -3.40. The van der Waals surface area contributed by atoms with Gasteiger partial charge in [-0.2, -0.15) is 23.3 Å². The molecule has 0 aliphatic heterocycles. The van der Waals surface area contributed by atoms with Crippen LogP contribution in [-0.4, -0.2) is 24.7 Å². The van der Waals surface area contributed by atoms with Crippen molar-refractivity contribution in [3.8, 4) is 34.1 Å². The van der Waals surface area contributed by atoms with Crippen molar-refractivity contribution < 1.29 is 17.7 Å². The Morgan fingerprint density at radius 1 is 0.794 bits per heavy atom. The standard InChI is InChI=1S/C25H14F3N5O/c26-25(27,28)21-13-20(18-12-6-10-15-7-4-5-11-17(15)18)30-23-19(14-29-33(21)23)24-31-22(32-34-24)16-8-2-1-3-9-16/h1-14H. The lowest BCUT2D eigenvalue weighted by atomic mass is 10.0. The fourth-order valence-electron chi connectivity index (χ4n) is 3.94. The van der Waals surface area contributed by atoms with Crippen molar-refractivity contribution in [2.75, 3.05) is 0 Å². The third-order valence-electron chi connectivity index (χ3n) is 5.52. The average Bonchev–Trinajstić information content (AvgIpc) is 3.50. The molecule has 3 heterocycles. The molecular weight excluding hydrogens is 443 g/mol. The van der Waals surface area contributed by atoms with Crippen LogP contribution >= 0.6 is 0 Å². The average molecular weight is 457 g/mol. The van der Waals surface area contributed by atoms with Crippen LogP contribution in [0.5, 0.6) is 0 Å². The van der Waals surface area contributed by atoms with Gasteiger partial charge in [0.05, 0.1) is 11.9 Å². The molecule has 0 bridgehead atoms. The predicted octanol–water partition coefficient (Wildman–Crippen LogP) is 6.29. The van der Waals surface area contributed by atoms with Gasteiger partial charge in [0.1, 0.15) is 5.56 Å². The molecule has 0 N–H and O–H groups in total. The Bertz CT molecular complexity index is 1650. The molecule has 3 aromatic heterocycles. The highest BCUT2D eigenvalue weighted by Gasteiger charge is 2.36. The zero-order valence-corrected chi connectivity index (χ0v) is 17.4. The second kappa shape index (κ2) is 7.51. The number of benzene rings is 3. The molecule has 0 aliphatic rings. The summed E-state index contributed by atoms with van der Waals surface area (Å²) in [5.74, 6) is 0.348. The summed E-state index contributed by atoms with van der Waals surface area (Å²) in [6.45, 7) is 0. The highest BCUT2D eigenvalue weighted by molar-refractivity contribution is 5.96. The summed E-state index contributed by atoms with van der Waals surface area (Å²) in [5.41, 5.74) is 0.696. The van der Waals surface area contributed by atoms with Gasteiger partial charge in [-0.25, -0.2) is 9.50 Å². The topological polar surface area (TPSA) is 69.1 Å². The van der Waals surface area contributed by atoms with E-state index in [0.717, 1.165) is 21.4 Å². The van der Waals surface area contributed by atoms with Crippen molar-refractivity contribution in [2.45, 2.75) is 6.18 Å². The second-order valence-electron chi connectivity index (χ2n) is 7.63. The quantitative estimate of drug-likeness (QED) is 0.313. The summed E-state index contributed by atoms with van der Waals surface area (Å²) in [7, 11) is 0. The zero-order valence-electron chi connectivity index (χ0n) is 17.4. The number of hydrogen-bond donors (Lipinski definition) is 0. The van der Waals surface area contributed by atoms with Gasteiger partial charge in [0.15, 0.2) is 11.3 Å². The smallest absolute Gasteiger partial charge is 0.333 e. The Morgan fingerprint density at radius 2 is 1.56 bits per heavy atom. The zero-order chi connectivity index (χ0) is 23.3. The van der Waals surface area contributed by atoms with Gasteiger partial charge < -0.3 is 4.52 Å². The van der Waals surface area contributed by atoms with Crippen molar-refractivity contribution in [2.24, 2.45) is 0 Å². The predicted molar refractivity (Wildman–Crippen MR) is 120 cm³/mol. The number of halogens is 3. The maximum absolute atomic E-state index is 14.0. The maximum atomic E-state index is 14.0. The van der Waals surface area contributed by atoms with E-state index in [1.807, 2.05) is 60.7 Å². The SMILES string of the molecule is FC(F)(F)c1cc(-c2cccc3ccccc23)nc2c(-c3nc(-c4ccccc4)no3)cnn12. The van der Waals surface area contributed by atoms with E-state index in [2.05, 4.69) is 20.2 Å². The Balaban J connectivity index is 1.58. The molecule has 6 nitrogen and oxygen atoms in total. The van der Waals surface area contributed by atoms with Crippen LogP contribution in [0.4, 0.5) is 13.2 Å². The number of aromatic nitrogens is 5. The molecule has 9 heteroatoms. The highest BCUT2D eigenvalue weighted by Crippen LogP contribution is 2.36. The molecule has 3 aromatic carbocycles. The van der Waals surface area contributed by atoms with Crippen LogP contribution in [0.2, 0.25) is 0 Å². The Kier molecular flexibility index (Phi) is 4.44. The van der Waals surface area contributed by atoms with E-state index in [-0.39, 0.29) is 22.8 Å². The van der Waals surface area contributed by atoms with Crippen molar-refractivity contribution in [3.05, 3.63) is 90.8 Å². The number of nitrogens with zero attached hydrogens (tertiary/aromatic N) is 5. The molecule has 0 aliphatic carbocycles. The van der Waals surface area contributed by atoms with Gasteiger partial charge in [0.25, 0.3) is 5.89 Å². The first-order valence-corrected chi connectivity index (χ1v) is 10.3. The largest absolute Gasteiger partial charge is 0.433 e. The molecule has 0 atom stereocenters. The molecule has 0 saturated carbocycles. The van der Waals surface area contributed by atoms with E-state index in [1.54, 1.807) is 12.1 Å². The number of fused-ring (bicyclic) bond motifs is 2. The van der Waals surface area contributed by atoms with Gasteiger partial charge in [-0.1, -0.05) is 78.0 Å². The van der Waals surface area contributed by atoms with Crippen LogP contribution < -0.4 is 0 Å². The first-order valence-electron chi connectivity index (χ1n) is 10.3. The van der Waals surface area contributed by atoms with E-state index >= 15 is 0 Å². The van der Waals surface area contributed by atoms with Crippen LogP contribution in [0.3, 0.4) is 0 Å². The molecule has 0 spiro atoms. The molecule has 0 amide bonds. The minimum atomic E-state index is -4.66. The molecule has 0 saturated heterocycles. The molecule has 0 radical (unpaired) electrons. The van der Waals surface area contributed by atoms with Crippen LogP contribution in [0.15, 0.2) is 89.6 Å². The van der Waals surface area contributed by atoms with Gasteiger partial charge in [-0.05, 0) is 16.8 Å². The van der Waals surface area contributed by atoms with Crippen LogP contribution in [-0.2, 0) is 6.18 Å². The van der Waals surface area contributed by atoms with Crippen molar-refractivity contribution >= 4 is 16.4 Å². The van der Waals surface area contributed by atoms with E-state index < -0.39 is 11.9 Å². The van der Waals surface area contributed by atoms with Crippen LogP contribution in [0.1, 0.15) is 5.69 Å². The Hall–Kier alpha value is -4.53. The number of rotatable bonds is 3. The van der Waals surface area contributed by atoms with Gasteiger partial charge in [0.2, 0.25) is 5.82 Å². The molecule has 0 unspecified atom stereocenters. The summed E-state index contributed by atoms with van der Waals surface area (Å²) in [6, 6.07) is 23.0. The Morgan fingerprint density at radius 3 is 2.38 bits per heavy atom. The lowest BCUT2D eigenvalue weighted by Crippen LogP contribution is -2.13. The highest BCUT2D eigenvalue weighted by atomic mass is 19.4. The molecule has 6 rings (SSSR count). The van der Waals surface area contributed by atoms with Crippen molar-refractivity contribution in [1.29, 1.82) is 0 Å². The minimum Gasteiger partial charge on any atom is -0.333 e. The second-order valence-corrected chi connectivity index (χ2v) is 7.63. The van der Waals surface area contributed by atoms with Crippen molar-refractivity contribution in [1.82, 2.24) is 24.7 Å². The maximum Gasteiger partial charge on any atom is 0.433 e. The first-order chi connectivity index (χ1) is 16.5. The lowest BCUT2D eigenvalue weighted by Gasteiger charge is -2.12. The van der Waals surface area contributed by atoms with E-state index in [0.29, 0.717) is 17.0 Å². The third-order valence-corrected chi connectivity index (χ3v) is 5.52. The van der Waals surface area contributed by atoms with E-state index in [4.69, 9.17) is 4.52 Å². The fourth-order valence-corrected chi connectivity index (χ4v) is 3.94. The summed E-state index contributed by atoms with van der Waals surface area (Å²) < 4.78 is 48.2. The third kappa shape index (κ3) is 3.29. The summed E-state index contributed by atoms with van der Waals surface area (Å²) >= 11 is 0. The fraction of sp³-hybridized carbons (Fsp3) is 0.0400. The normalized spacial score (nSPS) is 12.0. The Labute approximate surface area is 190 Å². The summed E-state index contributed by atoms with van der Waals surface area (Å²) in [5, 5.41) is 9.60. The van der Waals surface area contributed by atoms with Crippen molar-refractivity contribution in [3.63, 3.8) is 0 Å². The van der Waals surface area contributed by atoms with Gasteiger partial charge in [-0.3, -0.25) is 0 Å². The summed E-state index contributed by atoms with van der Waals surface area (Å²) in [4.78, 5) is 8.93. The number of alkyl halides is 3. The van der Waals surface area contributed by atoms with Gasteiger partial charge >= 0.3 is 6.18 Å². The molecule has 0 fully saturated rings. The van der Waals surface area contributed by atoms with Crippen LogP contribution in [0.25, 0.3) is 50.5 Å². The minimum absolute atomic E-state index is 0.0268. The molecule has 34 heavy (non-hydrogen) atoms. The van der Waals surface area contributed by atoms with Gasteiger partial charge in [-0.15, -0.1) is 0 Å². The van der Waals surface area contributed by atoms with Crippen LogP contribution in [0, 0.1) is 0 Å². The first kappa shape index (κ1) is 20.1.